The van der Waals surface area contributed by atoms with Crippen molar-refractivity contribution in [3.63, 3.8) is 0 Å². The van der Waals surface area contributed by atoms with E-state index in [1.54, 1.807) is 24.3 Å². The third-order valence-corrected chi connectivity index (χ3v) is 6.58. The highest BCUT2D eigenvalue weighted by Crippen LogP contribution is 2.27. The van der Waals surface area contributed by atoms with Crippen molar-refractivity contribution in [1.29, 1.82) is 0 Å². The molecule has 0 saturated heterocycles. The largest absolute Gasteiger partial charge is 0.487 e. The maximum Gasteiger partial charge on any atom is 0.421 e. The molecule has 3 aromatic rings. The number of Topliss-reactive ketones (excluding diaryl/α,β-unsaturated/α-hetero) is 2. The number of anilines is 1. The number of aliphatic hydroxyl groups excluding tert-OH is 1. The Balaban J connectivity index is 1.80. The second kappa shape index (κ2) is 14.0. The SMILES string of the molecule is O=C(Cc1ccc(OCC(F)F)c(C(=O)Nc2ccc(Br)cc2)c1)c1cc(CCC(=O)C(O)C(F)(F)F)ccc1Cl. The van der Waals surface area contributed by atoms with Crippen LogP contribution in [0.5, 0.6) is 5.75 Å². The number of nitrogens with one attached hydrogen (secondary N) is 1. The minimum absolute atomic E-state index is 0.0203. The van der Waals surface area contributed by atoms with Gasteiger partial charge in [-0.15, -0.1) is 0 Å². The van der Waals surface area contributed by atoms with E-state index in [0.717, 1.165) is 4.47 Å². The van der Waals surface area contributed by atoms with Gasteiger partial charge in [0, 0.05) is 28.6 Å². The molecule has 1 atom stereocenters. The highest BCUT2D eigenvalue weighted by Gasteiger charge is 2.42. The molecule has 1 amide bonds. The first kappa shape index (κ1) is 32.2. The number of carbonyl (C=O) groups excluding carboxylic acids is 3. The van der Waals surface area contributed by atoms with Crippen LogP contribution in [0.4, 0.5) is 27.6 Å². The fourth-order valence-electron chi connectivity index (χ4n) is 3.68. The Morgan fingerprint density at radius 3 is 2.22 bits per heavy atom. The average Bonchev–Trinajstić information content (AvgIpc) is 2.91. The first-order chi connectivity index (χ1) is 19.2. The molecule has 0 fully saturated rings. The average molecular weight is 663 g/mol. The van der Waals surface area contributed by atoms with Gasteiger partial charge in [-0.05, 0) is 66.1 Å². The van der Waals surface area contributed by atoms with E-state index in [2.05, 4.69) is 21.2 Å². The molecule has 3 aromatic carbocycles. The lowest BCUT2D eigenvalue weighted by molar-refractivity contribution is -0.203. The minimum Gasteiger partial charge on any atom is -0.487 e. The van der Waals surface area contributed by atoms with Gasteiger partial charge in [0.25, 0.3) is 12.3 Å². The smallest absolute Gasteiger partial charge is 0.421 e. The zero-order valence-electron chi connectivity index (χ0n) is 21.0. The molecule has 0 saturated carbocycles. The molecule has 0 aliphatic heterocycles. The highest BCUT2D eigenvalue weighted by atomic mass is 79.9. The second-order valence-corrected chi connectivity index (χ2v) is 10.1. The molecule has 3 rings (SSSR count). The van der Waals surface area contributed by atoms with Crippen molar-refractivity contribution in [3.05, 3.63) is 92.4 Å². The summed E-state index contributed by atoms with van der Waals surface area (Å²) in [6, 6.07) is 14.8. The predicted molar refractivity (Wildman–Crippen MR) is 145 cm³/mol. The number of amides is 1. The number of ether oxygens (including phenoxy) is 1. The van der Waals surface area contributed by atoms with Crippen LogP contribution in [0.25, 0.3) is 0 Å². The first-order valence-electron chi connectivity index (χ1n) is 11.9. The van der Waals surface area contributed by atoms with Gasteiger partial charge in [0.15, 0.2) is 11.6 Å². The van der Waals surface area contributed by atoms with E-state index in [9.17, 15) is 36.3 Å². The summed E-state index contributed by atoms with van der Waals surface area (Å²) in [6.45, 7) is -0.957. The van der Waals surface area contributed by atoms with Gasteiger partial charge in [0.1, 0.15) is 12.4 Å². The van der Waals surface area contributed by atoms with Gasteiger partial charge in [-0.1, -0.05) is 39.7 Å². The molecule has 0 aliphatic rings. The zero-order chi connectivity index (χ0) is 30.3. The van der Waals surface area contributed by atoms with Crippen LogP contribution in [-0.4, -0.2) is 47.9 Å². The van der Waals surface area contributed by atoms with Gasteiger partial charge in [-0.25, -0.2) is 8.78 Å². The highest BCUT2D eigenvalue weighted by molar-refractivity contribution is 9.10. The lowest BCUT2D eigenvalue weighted by Gasteiger charge is -2.14. The van der Waals surface area contributed by atoms with Crippen LogP contribution < -0.4 is 10.1 Å². The van der Waals surface area contributed by atoms with Crippen molar-refractivity contribution in [2.24, 2.45) is 0 Å². The van der Waals surface area contributed by atoms with Gasteiger partial charge in [-0.2, -0.15) is 13.2 Å². The Morgan fingerprint density at radius 1 is 0.951 bits per heavy atom. The molecular formula is C28H22BrClF5NO5. The summed E-state index contributed by atoms with van der Waals surface area (Å²) in [4.78, 5) is 37.8. The summed E-state index contributed by atoms with van der Waals surface area (Å²) in [5.74, 6) is -2.72. The standard InChI is InChI=1S/C28H22BrClF5NO5/c29-17-4-6-18(7-5-17)36-27(40)20-12-16(3-10-24(20)41-14-25(31)32)13-23(38)19-11-15(1-8-21(19)30)2-9-22(37)26(39)28(33,34)35/h1,3-8,10-12,25-26,39H,2,9,13-14H2,(H,36,40). The van der Waals surface area contributed by atoms with E-state index in [1.165, 1.54) is 36.4 Å². The van der Waals surface area contributed by atoms with Crippen LogP contribution in [0.1, 0.15) is 38.3 Å². The van der Waals surface area contributed by atoms with Gasteiger partial charge in [0.2, 0.25) is 6.10 Å². The summed E-state index contributed by atoms with van der Waals surface area (Å²) in [5, 5.41) is 11.8. The van der Waals surface area contributed by atoms with Crippen molar-refractivity contribution >= 4 is 50.7 Å². The van der Waals surface area contributed by atoms with Crippen LogP contribution >= 0.6 is 27.5 Å². The Kier molecular flexibility index (Phi) is 11.0. The number of benzene rings is 3. The fraction of sp³-hybridized carbons (Fsp3) is 0.250. The van der Waals surface area contributed by atoms with Crippen molar-refractivity contribution in [3.8, 4) is 5.75 Å². The lowest BCUT2D eigenvalue weighted by atomic mass is 9.97. The number of carbonyl (C=O) groups is 3. The summed E-state index contributed by atoms with van der Waals surface area (Å²) < 4.78 is 69.1. The van der Waals surface area contributed by atoms with E-state index < -0.39 is 49.2 Å². The van der Waals surface area contributed by atoms with E-state index in [4.69, 9.17) is 21.4 Å². The fourth-order valence-corrected chi connectivity index (χ4v) is 4.17. The number of alkyl halides is 5. The van der Waals surface area contributed by atoms with Crippen molar-refractivity contribution < 1.29 is 46.2 Å². The molecule has 0 radical (unpaired) electrons. The molecule has 0 bridgehead atoms. The van der Waals surface area contributed by atoms with E-state index in [1.807, 2.05) is 0 Å². The van der Waals surface area contributed by atoms with Crippen molar-refractivity contribution in [2.45, 2.75) is 38.0 Å². The normalized spacial score (nSPS) is 12.2. The quantitative estimate of drug-likeness (QED) is 0.164. The van der Waals surface area contributed by atoms with Crippen LogP contribution in [0.3, 0.4) is 0 Å². The summed E-state index contributed by atoms with van der Waals surface area (Å²) in [6.07, 6.45) is -12.0. The topological polar surface area (TPSA) is 92.7 Å². The molecule has 1 unspecified atom stereocenters. The number of halogens is 7. The van der Waals surface area contributed by atoms with Crippen LogP contribution in [0.2, 0.25) is 5.02 Å². The minimum atomic E-state index is -5.08. The van der Waals surface area contributed by atoms with Gasteiger partial charge >= 0.3 is 6.18 Å². The van der Waals surface area contributed by atoms with Crippen LogP contribution in [-0.2, 0) is 17.6 Å². The zero-order valence-corrected chi connectivity index (χ0v) is 23.3. The number of hydrogen-bond donors (Lipinski definition) is 2. The molecule has 6 nitrogen and oxygen atoms in total. The van der Waals surface area contributed by atoms with Crippen LogP contribution in [0.15, 0.2) is 65.1 Å². The number of aryl methyl sites for hydroxylation is 1. The number of hydrogen-bond acceptors (Lipinski definition) is 5. The third kappa shape index (κ3) is 9.34. The maximum absolute atomic E-state index is 13.1. The number of aliphatic hydroxyl groups is 1. The van der Waals surface area contributed by atoms with E-state index in [-0.39, 0.29) is 34.7 Å². The molecule has 0 aliphatic carbocycles. The van der Waals surface area contributed by atoms with Crippen LogP contribution in [0, 0.1) is 0 Å². The summed E-state index contributed by atoms with van der Waals surface area (Å²) in [5.41, 5.74) is 1.01. The summed E-state index contributed by atoms with van der Waals surface area (Å²) in [7, 11) is 0. The number of rotatable bonds is 12. The van der Waals surface area contributed by atoms with E-state index >= 15 is 0 Å². The molecule has 0 aromatic heterocycles. The predicted octanol–water partition coefficient (Wildman–Crippen LogP) is 6.85. The molecule has 0 heterocycles. The van der Waals surface area contributed by atoms with Crippen molar-refractivity contribution in [2.75, 3.05) is 11.9 Å². The molecule has 41 heavy (non-hydrogen) atoms. The van der Waals surface area contributed by atoms with E-state index in [0.29, 0.717) is 16.8 Å². The maximum atomic E-state index is 13.1. The Labute approximate surface area is 244 Å². The van der Waals surface area contributed by atoms with Gasteiger partial charge in [0.05, 0.1) is 10.6 Å². The summed E-state index contributed by atoms with van der Waals surface area (Å²) >= 11 is 9.45. The lowest BCUT2D eigenvalue weighted by Crippen LogP contribution is -2.36. The third-order valence-electron chi connectivity index (χ3n) is 5.73. The monoisotopic (exact) mass is 661 g/mol. The molecule has 2 N–H and O–H groups in total. The Bertz CT molecular complexity index is 1420. The number of ketones is 2. The molecule has 0 spiro atoms. The van der Waals surface area contributed by atoms with Crippen molar-refractivity contribution in [1.82, 2.24) is 0 Å². The second-order valence-electron chi connectivity index (χ2n) is 8.82. The molecular weight excluding hydrogens is 641 g/mol. The Hall–Kier alpha value is -3.35. The molecule has 218 valence electrons. The van der Waals surface area contributed by atoms with Gasteiger partial charge in [-0.3, -0.25) is 14.4 Å². The molecule has 13 heteroatoms. The first-order valence-corrected chi connectivity index (χ1v) is 13.1. The Morgan fingerprint density at radius 2 is 1.59 bits per heavy atom. The van der Waals surface area contributed by atoms with Gasteiger partial charge < -0.3 is 15.2 Å².